The zero-order valence-electron chi connectivity index (χ0n) is 14.3. The topological polar surface area (TPSA) is 67.2 Å². The number of hydrogen-bond donors (Lipinski definition) is 0. The smallest absolute Gasteiger partial charge is 0.257 e. The average molecular weight is 336 g/mol. The maximum absolute atomic E-state index is 12.7. The molecule has 3 heterocycles. The lowest BCUT2D eigenvalue weighted by molar-refractivity contribution is 0.0674. The first kappa shape index (κ1) is 15.6. The second-order valence-corrected chi connectivity index (χ2v) is 6.41. The predicted molar refractivity (Wildman–Crippen MR) is 95.5 cm³/mol. The zero-order valence-corrected chi connectivity index (χ0v) is 14.3. The highest BCUT2D eigenvalue weighted by molar-refractivity contribution is 5.94. The van der Waals surface area contributed by atoms with Gasteiger partial charge < -0.3 is 9.80 Å². The molecule has 1 saturated heterocycles. The van der Waals surface area contributed by atoms with Crippen LogP contribution in [0.5, 0.6) is 0 Å². The Balaban J connectivity index is 1.56. The van der Waals surface area contributed by atoms with Gasteiger partial charge in [0.2, 0.25) is 0 Å². The molecule has 0 aliphatic carbocycles. The van der Waals surface area contributed by atoms with Crippen LogP contribution in [0.25, 0.3) is 10.9 Å². The summed E-state index contributed by atoms with van der Waals surface area (Å²) in [5.74, 6) is 0.971. The largest absolute Gasteiger partial charge is 0.352 e. The van der Waals surface area contributed by atoms with Gasteiger partial charge in [-0.15, -0.1) is 0 Å². The van der Waals surface area contributed by atoms with Gasteiger partial charge in [0, 0.05) is 44.3 Å². The van der Waals surface area contributed by atoms with E-state index in [0.29, 0.717) is 12.1 Å². The number of carbonyl (C=O) groups is 1. The lowest BCUT2D eigenvalue weighted by atomic mass is 10.1. The predicted octanol–water partition coefficient (Wildman–Crippen LogP) is 1.71. The molecule has 1 unspecified atom stereocenters. The maximum atomic E-state index is 12.7. The van der Waals surface area contributed by atoms with Crippen molar-refractivity contribution in [2.24, 2.45) is 7.05 Å². The summed E-state index contributed by atoms with van der Waals surface area (Å²) >= 11 is 0. The number of anilines is 1. The number of hydrogen-bond acceptors (Lipinski definition) is 5. The highest BCUT2D eigenvalue weighted by Gasteiger charge is 2.29. The summed E-state index contributed by atoms with van der Waals surface area (Å²) in [5, 5.41) is 5.14. The van der Waals surface area contributed by atoms with Gasteiger partial charge in [-0.2, -0.15) is 5.10 Å². The molecule has 0 saturated carbocycles. The minimum atomic E-state index is 0.0350. The third kappa shape index (κ3) is 2.82. The van der Waals surface area contributed by atoms with Crippen molar-refractivity contribution in [2.45, 2.75) is 13.0 Å². The summed E-state index contributed by atoms with van der Waals surface area (Å²) in [7, 11) is 1.82. The van der Waals surface area contributed by atoms with Crippen molar-refractivity contribution in [3.05, 3.63) is 48.5 Å². The van der Waals surface area contributed by atoms with Gasteiger partial charge in [0.05, 0.1) is 17.3 Å². The molecule has 1 aliphatic rings. The molecule has 1 atom stereocenters. The minimum Gasteiger partial charge on any atom is -0.352 e. The Hall–Kier alpha value is -2.96. The number of aromatic nitrogens is 4. The van der Waals surface area contributed by atoms with Gasteiger partial charge in [0.1, 0.15) is 12.1 Å². The molecule has 1 aromatic carbocycles. The Kier molecular flexibility index (Phi) is 3.83. The second kappa shape index (κ2) is 6.16. The molecule has 25 heavy (non-hydrogen) atoms. The first-order chi connectivity index (χ1) is 12.1. The summed E-state index contributed by atoms with van der Waals surface area (Å²) in [6, 6.07) is 8.11. The number of carbonyl (C=O) groups excluding carboxylic acids is 1. The summed E-state index contributed by atoms with van der Waals surface area (Å²) in [6.07, 6.45) is 4.99. The number of para-hydroxylation sites is 1. The Morgan fingerprint density at radius 2 is 2.04 bits per heavy atom. The van der Waals surface area contributed by atoms with E-state index in [9.17, 15) is 4.79 Å². The van der Waals surface area contributed by atoms with Gasteiger partial charge in [0.25, 0.3) is 5.91 Å². The third-order valence-electron chi connectivity index (χ3n) is 4.66. The molecular formula is C18H20N6O. The lowest BCUT2D eigenvalue weighted by Crippen LogP contribution is -2.54. The molecule has 3 aromatic rings. The number of amides is 1. The fraction of sp³-hybridized carbons (Fsp3) is 0.333. The SMILES string of the molecule is CC1CN(c2ncnc3ccccc23)CCN1C(=O)c1cnn(C)c1. The highest BCUT2D eigenvalue weighted by atomic mass is 16.2. The number of fused-ring (bicyclic) bond motifs is 1. The van der Waals surface area contributed by atoms with E-state index in [0.717, 1.165) is 29.8 Å². The van der Waals surface area contributed by atoms with E-state index in [2.05, 4.69) is 26.9 Å². The summed E-state index contributed by atoms with van der Waals surface area (Å²) in [4.78, 5) is 25.7. The normalized spacial score (nSPS) is 17.9. The zero-order chi connectivity index (χ0) is 17.4. The monoisotopic (exact) mass is 336 g/mol. The van der Waals surface area contributed by atoms with E-state index >= 15 is 0 Å². The molecule has 0 spiro atoms. The van der Waals surface area contributed by atoms with Gasteiger partial charge in [-0.1, -0.05) is 12.1 Å². The molecule has 7 heteroatoms. The molecule has 4 rings (SSSR count). The minimum absolute atomic E-state index is 0.0350. The van der Waals surface area contributed by atoms with Crippen LogP contribution in [0.1, 0.15) is 17.3 Å². The van der Waals surface area contributed by atoms with Crippen molar-refractivity contribution in [3.8, 4) is 0 Å². The van der Waals surface area contributed by atoms with Crippen LogP contribution in [0.4, 0.5) is 5.82 Å². The van der Waals surface area contributed by atoms with Crippen LogP contribution in [-0.2, 0) is 7.05 Å². The van der Waals surface area contributed by atoms with Crippen LogP contribution < -0.4 is 4.90 Å². The number of benzene rings is 1. The van der Waals surface area contributed by atoms with Crippen LogP contribution in [0.15, 0.2) is 43.0 Å². The Bertz CT molecular complexity index is 915. The van der Waals surface area contributed by atoms with E-state index in [1.165, 1.54) is 0 Å². The van der Waals surface area contributed by atoms with Crippen molar-refractivity contribution in [2.75, 3.05) is 24.5 Å². The fourth-order valence-corrected chi connectivity index (χ4v) is 3.39. The average Bonchev–Trinajstić information content (AvgIpc) is 3.07. The summed E-state index contributed by atoms with van der Waals surface area (Å²) in [5.41, 5.74) is 1.57. The van der Waals surface area contributed by atoms with E-state index in [1.807, 2.05) is 36.2 Å². The summed E-state index contributed by atoms with van der Waals surface area (Å²) in [6.45, 7) is 4.22. The summed E-state index contributed by atoms with van der Waals surface area (Å²) < 4.78 is 1.65. The number of rotatable bonds is 2. The van der Waals surface area contributed by atoms with Crippen LogP contribution in [0.2, 0.25) is 0 Å². The van der Waals surface area contributed by atoms with Crippen LogP contribution in [-0.4, -0.2) is 56.2 Å². The lowest BCUT2D eigenvalue weighted by Gasteiger charge is -2.40. The van der Waals surface area contributed by atoms with Crippen molar-refractivity contribution >= 4 is 22.6 Å². The third-order valence-corrected chi connectivity index (χ3v) is 4.66. The molecule has 1 amide bonds. The van der Waals surface area contributed by atoms with Gasteiger partial charge in [-0.3, -0.25) is 9.48 Å². The first-order valence-electron chi connectivity index (χ1n) is 8.38. The molecule has 0 bridgehead atoms. The Morgan fingerprint density at radius 3 is 2.80 bits per heavy atom. The molecule has 128 valence electrons. The first-order valence-corrected chi connectivity index (χ1v) is 8.38. The van der Waals surface area contributed by atoms with Crippen molar-refractivity contribution in [3.63, 3.8) is 0 Å². The molecule has 1 fully saturated rings. The van der Waals surface area contributed by atoms with Crippen LogP contribution in [0, 0.1) is 0 Å². The number of piperazine rings is 1. The van der Waals surface area contributed by atoms with E-state index in [1.54, 1.807) is 23.4 Å². The molecule has 0 radical (unpaired) electrons. The van der Waals surface area contributed by atoms with Gasteiger partial charge >= 0.3 is 0 Å². The molecule has 0 N–H and O–H groups in total. The van der Waals surface area contributed by atoms with Crippen LogP contribution >= 0.6 is 0 Å². The quantitative estimate of drug-likeness (QED) is 0.713. The van der Waals surface area contributed by atoms with E-state index < -0.39 is 0 Å². The highest BCUT2D eigenvalue weighted by Crippen LogP contribution is 2.25. The fourth-order valence-electron chi connectivity index (χ4n) is 3.39. The number of nitrogens with zero attached hydrogens (tertiary/aromatic N) is 6. The van der Waals surface area contributed by atoms with E-state index in [4.69, 9.17) is 0 Å². The van der Waals surface area contributed by atoms with Gasteiger partial charge in [-0.05, 0) is 19.1 Å². The van der Waals surface area contributed by atoms with Gasteiger partial charge in [-0.25, -0.2) is 9.97 Å². The van der Waals surface area contributed by atoms with Gasteiger partial charge in [0.15, 0.2) is 0 Å². The standard InChI is InChI=1S/C18H20N6O/c1-13-10-23(17-15-5-3-4-6-16(15)19-12-20-17)7-8-24(13)18(25)14-9-21-22(2)11-14/h3-6,9,11-13H,7-8,10H2,1-2H3. The van der Waals surface area contributed by atoms with Crippen molar-refractivity contribution < 1.29 is 4.79 Å². The second-order valence-electron chi connectivity index (χ2n) is 6.41. The number of aryl methyl sites for hydroxylation is 1. The van der Waals surface area contributed by atoms with Crippen molar-refractivity contribution in [1.82, 2.24) is 24.6 Å². The Labute approximate surface area is 145 Å². The maximum Gasteiger partial charge on any atom is 0.257 e. The Morgan fingerprint density at radius 1 is 1.20 bits per heavy atom. The van der Waals surface area contributed by atoms with E-state index in [-0.39, 0.29) is 11.9 Å². The molecule has 2 aromatic heterocycles. The molecule has 1 aliphatic heterocycles. The molecular weight excluding hydrogens is 316 g/mol. The van der Waals surface area contributed by atoms with Crippen LogP contribution in [0.3, 0.4) is 0 Å². The van der Waals surface area contributed by atoms with Crippen molar-refractivity contribution in [1.29, 1.82) is 0 Å². The molecule has 7 nitrogen and oxygen atoms in total.